The Hall–Kier alpha value is -7.74. The fraction of sp³-hybridized carbons (Fsp3) is 0.333. The minimum absolute atomic E-state index is 0.0513. The third-order valence-corrected chi connectivity index (χ3v) is 11.0. The summed E-state index contributed by atoms with van der Waals surface area (Å²) in [5.41, 5.74) is 6.60. The quantitative estimate of drug-likeness (QED) is 0.0497. The number of aliphatic hydroxyl groups is 1. The smallest absolute Gasteiger partial charge is 0.408 e. The first kappa shape index (κ1) is 51.2. The summed E-state index contributed by atoms with van der Waals surface area (Å²) in [5.74, 6) is -7.26. The van der Waals surface area contributed by atoms with Crippen LogP contribution in [0.5, 0.6) is 0 Å². The molecule has 1 aromatic heterocycles. The van der Waals surface area contributed by atoms with E-state index in [9.17, 15) is 53.0 Å². The Labute approximate surface area is 390 Å². The molecule has 1 aliphatic heterocycles. The molecule has 1 aliphatic rings. The monoisotopic (exact) mass is 940 g/mol. The second-order valence-electron chi connectivity index (χ2n) is 17.1. The Morgan fingerprint density at radius 3 is 2.01 bits per heavy atom. The number of benzene rings is 3. The first-order chi connectivity index (χ1) is 32.3. The maximum atomic E-state index is 15.3. The molecule has 68 heavy (non-hydrogen) atoms. The number of carbonyl (C=O) groups excluding carboxylic acids is 7. The number of primary amides is 1. The van der Waals surface area contributed by atoms with E-state index < -0.39 is 102 Å². The van der Waals surface area contributed by atoms with Gasteiger partial charge in [0.05, 0.1) is 12.5 Å². The summed E-state index contributed by atoms with van der Waals surface area (Å²) in [5, 5.41) is 28.3. The number of imide groups is 1. The first-order valence-corrected chi connectivity index (χ1v) is 21.6. The zero-order chi connectivity index (χ0) is 49.7. The summed E-state index contributed by atoms with van der Waals surface area (Å²) in [6.45, 7) is 2.89. The molecule has 0 radical (unpaired) electrons. The lowest BCUT2D eigenvalue weighted by molar-refractivity contribution is -0.141. The molecule has 360 valence electrons. The van der Waals surface area contributed by atoms with Crippen molar-refractivity contribution in [2.24, 2.45) is 11.1 Å². The van der Waals surface area contributed by atoms with Crippen molar-refractivity contribution in [3.63, 3.8) is 0 Å². The molecule has 4 aromatic rings. The van der Waals surface area contributed by atoms with Gasteiger partial charge in [0.1, 0.15) is 36.9 Å². The molecular weight excluding hydrogens is 887 g/mol. The Balaban J connectivity index is 1.49. The minimum Gasteiger partial charge on any atom is -0.465 e. The van der Waals surface area contributed by atoms with Crippen molar-refractivity contribution in [2.75, 3.05) is 32.8 Å². The molecule has 0 spiro atoms. The molecule has 0 bridgehead atoms. The zero-order valence-corrected chi connectivity index (χ0v) is 37.7. The van der Waals surface area contributed by atoms with Gasteiger partial charge in [0, 0.05) is 67.9 Å². The lowest BCUT2D eigenvalue weighted by atomic mass is 9.82. The van der Waals surface area contributed by atoms with Gasteiger partial charge in [-0.25, -0.2) is 13.6 Å². The molecule has 0 saturated carbocycles. The summed E-state index contributed by atoms with van der Waals surface area (Å²) >= 11 is 0. The van der Waals surface area contributed by atoms with Gasteiger partial charge in [0.2, 0.25) is 29.5 Å². The van der Waals surface area contributed by atoms with Crippen LogP contribution in [0.3, 0.4) is 0 Å². The van der Waals surface area contributed by atoms with Crippen LogP contribution in [0.1, 0.15) is 56.5 Å². The van der Waals surface area contributed by atoms with Gasteiger partial charge in [-0.3, -0.25) is 43.4 Å². The molecule has 0 fully saturated rings. The number of aromatic nitrogens is 1. The van der Waals surface area contributed by atoms with Gasteiger partial charge in [-0.2, -0.15) is 0 Å². The summed E-state index contributed by atoms with van der Waals surface area (Å²) < 4.78 is 31.7. The maximum Gasteiger partial charge on any atom is 0.408 e. The lowest BCUT2D eigenvalue weighted by Gasteiger charge is -2.41. The van der Waals surface area contributed by atoms with E-state index in [1.807, 2.05) is 51.1 Å². The normalized spacial score (nSPS) is 13.6. The Kier molecular flexibility index (Phi) is 17.4. The largest absolute Gasteiger partial charge is 0.465 e. The average Bonchev–Trinajstić information content (AvgIpc) is 3.84. The van der Waals surface area contributed by atoms with Crippen molar-refractivity contribution >= 4 is 47.4 Å². The third kappa shape index (κ3) is 13.7. The summed E-state index contributed by atoms with van der Waals surface area (Å²) in [6, 6.07) is 17.8. The number of hydrogen-bond acceptors (Lipinski definition) is 9. The maximum absolute atomic E-state index is 15.3. The average molecular weight is 941 g/mol. The number of nitrogens with two attached hydrogens (primary N) is 1. The molecule has 18 nitrogen and oxygen atoms in total. The van der Waals surface area contributed by atoms with Gasteiger partial charge >= 0.3 is 6.09 Å². The molecular formula is C48H54F2N8O10. The van der Waals surface area contributed by atoms with E-state index in [0.29, 0.717) is 21.1 Å². The third-order valence-electron chi connectivity index (χ3n) is 11.0. The summed E-state index contributed by atoms with van der Waals surface area (Å²) in [4.78, 5) is 106. The second kappa shape index (κ2) is 23.1. The Morgan fingerprint density at radius 2 is 1.43 bits per heavy atom. The van der Waals surface area contributed by atoms with Gasteiger partial charge in [0.15, 0.2) is 0 Å². The number of hydrogen-bond donors (Lipinski definition) is 6. The number of nitrogens with one attached hydrogen (secondary N) is 3. The zero-order valence-electron chi connectivity index (χ0n) is 37.7. The van der Waals surface area contributed by atoms with Gasteiger partial charge in [-0.1, -0.05) is 81.4 Å². The number of carboxylic acid groups (broad SMARTS) is 1. The highest BCUT2D eigenvalue weighted by atomic mass is 19.1. The number of amides is 8. The van der Waals surface area contributed by atoms with E-state index in [1.165, 1.54) is 4.90 Å². The van der Waals surface area contributed by atoms with Crippen LogP contribution in [0.25, 0.3) is 11.1 Å². The van der Waals surface area contributed by atoms with Crippen molar-refractivity contribution in [1.29, 1.82) is 0 Å². The van der Waals surface area contributed by atoms with Crippen LogP contribution in [0.2, 0.25) is 0 Å². The van der Waals surface area contributed by atoms with Gasteiger partial charge < -0.3 is 41.4 Å². The van der Waals surface area contributed by atoms with E-state index in [0.717, 1.165) is 35.9 Å². The van der Waals surface area contributed by atoms with Crippen LogP contribution in [0.4, 0.5) is 13.6 Å². The van der Waals surface area contributed by atoms with E-state index >= 15 is 4.39 Å². The molecule has 8 amide bonds. The second-order valence-corrected chi connectivity index (χ2v) is 17.1. The molecule has 0 aliphatic carbocycles. The van der Waals surface area contributed by atoms with Gasteiger partial charge in [-0.05, 0) is 47.2 Å². The topological polar surface area (TPSA) is 254 Å². The van der Waals surface area contributed by atoms with Crippen molar-refractivity contribution in [2.45, 2.75) is 64.8 Å². The SMILES string of the molecule is CC(C)(C)[C@H](c1cc(-c2cc(F)ccc2F)cn1Cc1ccccc1)N(CC[C@H](NC(=O)[C@H](CC(N)=O)N(Cc1ccccc1)C(=O)O)C(=O)NCCNC(=O)CN1C(=O)C=CC1=O)C(=O)CO. The van der Waals surface area contributed by atoms with Crippen molar-refractivity contribution in [3.05, 3.63) is 132 Å². The van der Waals surface area contributed by atoms with E-state index in [-0.39, 0.29) is 50.3 Å². The van der Waals surface area contributed by atoms with Crippen molar-refractivity contribution in [3.8, 4) is 11.1 Å². The van der Waals surface area contributed by atoms with E-state index in [4.69, 9.17) is 5.73 Å². The molecule has 3 aromatic carbocycles. The number of carbonyl (C=O) groups is 8. The molecule has 7 N–H and O–H groups in total. The molecule has 2 heterocycles. The highest BCUT2D eigenvalue weighted by molar-refractivity contribution is 6.14. The molecule has 0 unspecified atom stereocenters. The lowest BCUT2D eigenvalue weighted by Crippen LogP contribution is -2.56. The highest BCUT2D eigenvalue weighted by Gasteiger charge is 2.39. The van der Waals surface area contributed by atoms with Crippen LogP contribution < -0.4 is 21.7 Å². The predicted molar refractivity (Wildman–Crippen MR) is 242 cm³/mol. The van der Waals surface area contributed by atoms with Crippen LogP contribution in [0.15, 0.2) is 103 Å². The van der Waals surface area contributed by atoms with Crippen molar-refractivity contribution < 1.29 is 57.4 Å². The molecule has 5 rings (SSSR count). The molecule has 3 atom stereocenters. The molecule has 20 heteroatoms. The van der Waals surface area contributed by atoms with E-state index in [1.54, 1.807) is 47.2 Å². The number of rotatable bonds is 22. The van der Waals surface area contributed by atoms with Crippen molar-refractivity contribution in [1.82, 2.24) is 35.2 Å². The predicted octanol–water partition coefficient (Wildman–Crippen LogP) is 2.85. The summed E-state index contributed by atoms with van der Waals surface area (Å²) in [6.07, 6.45) is 0.912. The fourth-order valence-corrected chi connectivity index (χ4v) is 7.83. The van der Waals surface area contributed by atoms with Crippen LogP contribution in [0, 0.1) is 17.0 Å². The van der Waals surface area contributed by atoms with Crippen LogP contribution in [-0.4, -0.2) is 122 Å². The Bertz CT molecular complexity index is 2510. The summed E-state index contributed by atoms with van der Waals surface area (Å²) in [7, 11) is 0. The van der Waals surface area contributed by atoms with Gasteiger partial charge in [0.25, 0.3) is 11.8 Å². The first-order valence-electron chi connectivity index (χ1n) is 21.6. The highest BCUT2D eigenvalue weighted by Crippen LogP contribution is 2.41. The van der Waals surface area contributed by atoms with E-state index in [2.05, 4.69) is 16.0 Å². The number of nitrogens with zero attached hydrogens (tertiary/aromatic N) is 4. The standard InChI is InChI=1S/C48H54F2N8O10/c1-48(2,3)44(37-22-32(34-23-33(49)14-15-35(34)50)27-55(37)25-30-10-6-4-7-11-30)56(43(64)29-59)21-18-36(45(65)53-20-19-52-40(61)28-58-41(62)16-17-42(58)63)54-46(66)38(24-39(51)60)57(47(67)68)26-31-12-8-5-9-13-31/h4-17,22-23,27,36,38,44,59H,18-21,24-26,28-29H2,1-3H3,(H2,51,60)(H,52,61)(H,53,65)(H,54,66)(H,67,68)/t36-,38-,44-/m0/s1. The Morgan fingerprint density at radius 1 is 0.809 bits per heavy atom. The minimum atomic E-state index is -1.74. The van der Waals surface area contributed by atoms with Gasteiger partial charge in [-0.15, -0.1) is 0 Å². The number of halogens is 2. The van der Waals surface area contributed by atoms with Crippen LogP contribution >= 0.6 is 0 Å². The van der Waals surface area contributed by atoms with Crippen LogP contribution in [-0.2, 0) is 46.7 Å². The molecule has 0 saturated heterocycles. The number of aliphatic hydroxyl groups excluding tert-OH is 1. The fourth-order valence-electron chi connectivity index (χ4n) is 7.83.